The zero-order chi connectivity index (χ0) is 9.68. The van der Waals surface area contributed by atoms with Crippen LogP contribution < -0.4 is 4.74 Å². The van der Waals surface area contributed by atoms with Crippen molar-refractivity contribution in [1.82, 2.24) is 0 Å². The molecule has 0 aliphatic rings. The van der Waals surface area contributed by atoms with E-state index in [0.717, 1.165) is 14.9 Å². The van der Waals surface area contributed by atoms with Gasteiger partial charge in [0.25, 0.3) is 0 Å². The summed E-state index contributed by atoms with van der Waals surface area (Å²) in [5.74, 6) is 0.744. The van der Waals surface area contributed by atoms with Crippen LogP contribution in [0.4, 0.5) is 0 Å². The second-order valence-electron chi connectivity index (χ2n) is 2.44. The number of rotatable bonds is 4. The lowest BCUT2D eigenvalue weighted by molar-refractivity contribution is 0.0503. The second-order valence-corrected chi connectivity index (χ2v) is 3.52. The molecule has 0 amide bonds. The van der Waals surface area contributed by atoms with Gasteiger partial charge >= 0.3 is 0 Å². The fourth-order valence-corrected chi connectivity index (χ4v) is 1.60. The third-order valence-corrected chi connectivity index (χ3v) is 2.77. The van der Waals surface area contributed by atoms with Gasteiger partial charge in [-0.2, -0.15) is 0 Å². The number of halogens is 1. The van der Waals surface area contributed by atoms with Crippen molar-refractivity contribution in [2.45, 2.75) is 6.61 Å². The van der Waals surface area contributed by atoms with Crippen molar-refractivity contribution in [2.24, 2.45) is 0 Å². The van der Waals surface area contributed by atoms with Crippen LogP contribution in [0, 0.1) is 3.57 Å². The van der Waals surface area contributed by atoms with Crippen LogP contribution in [-0.4, -0.2) is 19.0 Å². The van der Waals surface area contributed by atoms with Crippen molar-refractivity contribution in [3.8, 4) is 5.75 Å². The summed E-state index contributed by atoms with van der Waals surface area (Å²) in [7, 11) is 1.57. The Hall–Kier alpha value is -0.330. The van der Waals surface area contributed by atoms with Crippen LogP contribution in [0.2, 0.25) is 0 Å². The van der Waals surface area contributed by atoms with E-state index >= 15 is 0 Å². The van der Waals surface area contributed by atoms with Crippen LogP contribution in [0.15, 0.2) is 18.2 Å². The highest BCUT2D eigenvalue weighted by atomic mass is 127. The molecular weight excluding hydrogens is 283 g/mol. The zero-order valence-corrected chi connectivity index (χ0v) is 9.45. The number of hydrogen-bond acceptors (Lipinski definition) is 3. The standard InChI is InChI=1S/C9H11IO3/c1-12-6-13-8-4-2-3-7(5-11)9(8)10/h2-4,11H,5-6H2,1H3. The summed E-state index contributed by atoms with van der Waals surface area (Å²) in [5.41, 5.74) is 0.870. The van der Waals surface area contributed by atoms with Crippen LogP contribution in [0.1, 0.15) is 5.56 Å². The van der Waals surface area contributed by atoms with E-state index in [1.165, 1.54) is 0 Å². The molecule has 4 heteroatoms. The molecular formula is C9H11IO3. The Morgan fingerprint density at radius 3 is 2.85 bits per heavy atom. The highest BCUT2D eigenvalue weighted by Crippen LogP contribution is 2.24. The lowest BCUT2D eigenvalue weighted by Crippen LogP contribution is -2.01. The number of aliphatic hydroxyl groups excluding tert-OH is 1. The van der Waals surface area contributed by atoms with Gasteiger partial charge < -0.3 is 14.6 Å². The van der Waals surface area contributed by atoms with Gasteiger partial charge in [-0.1, -0.05) is 12.1 Å². The molecule has 0 saturated heterocycles. The molecule has 1 aromatic rings. The second kappa shape index (κ2) is 5.41. The molecule has 72 valence electrons. The summed E-state index contributed by atoms with van der Waals surface area (Å²) in [6.07, 6.45) is 0. The van der Waals surface area contributed by atoms with Crippen molar-refractivity contribution in [2.75, 3.05) is 13.9 Å². The molecule has 0 fully saturated rings. The highest BCUT2D eigenvalue weighted by Gasteiger charge is 2.04. The zero-order valence-electron chi connectivity index (χ0n) is 7.29. The Kier molecular flexibility index (Phi) is 4.47. The number of benzene rings is 1. The Balaban J connectivity index is 2.81. The normalized spacial score (nSPS) is 10.1. The van der Waals surface area contributed by atoms with Gasteiger partial charge in [-0.15, -0.1) is 0 Å². The van der Waals surface area contributed by atoms with Crippen molar-refractivity contribution in [3.05, 3.63) is 27.3 Å². The van der Waals surface area contributed by atoms with Crippen molar-refractivity contribution in [3.63, 3.8) is 0 Å². The van der Waals surface area contributed by atoms with Gasteiger partial charge in [0.15, 0.2) is 6.79 Å². The summed E-state index contributed by atoms with van der Waals surface area (Å²) in [6.45, 7) is 0.257. The summed E-state index contributed by atoms with van der Waals surface area (Å²) < 4.78 is 11.0. The molecule has 0 aromatic heterocycles. The molecule has 0 atom stereocenters. The van der Waals surface area contributed by atoms with E-state index in [4.69, 9.17) is 14.6 Å². The Bertz CT molecular complexity index is 276. The third-order valence-electron chi connectivity index (χ3n) is 1.55. The van der Waals surface area contributed by atoms with E-state index in [0.29, 0.717) is 0 Å². The molecule has 0 aliphatic heterocycles. The van der Waals surface area contributed by atoms with E-state index in [1.54, 1.807) is 7.11 Å². The van der Waals surface area contributed by atoms with Gasteiger partial charge in [-0.25, -0.2) is 0 Å². The average Bonchev–Trinajstić information content (AvgIpc) is 2.16. The molecule has 0 spiro atoms. The van der Waals surface area contributed by atoms with Gasteiger partial charge in [0.1, 0.15) is 5.75 Å². The first-order chi connectivity index (χ1) is 6.29. The minimum Gasteiger partial charge on any atom is -0.466 e. The number of methoxy groups -OCH3 is 1. The number of ether oxygens (including phenoxy) is 2. The van der Waals surface area contributed by atoms with Crippen LogP contribution in [-0.2, 0) is 11.3 Å². The van der Waals surface area contributed by atoms with E-state index in [9.17, 15) is 0 Å². The van der Waals surface area contributed by atoms with Crippen molar-refractivity contribution in [1.29, 1.82) is 0 Å². The highest BCUT2D eigenvalue weighted by molar-refractivity contribution is 14.1. The predicted octanol–water partition coefficient (Wildman–Crippen LogP) is 1.77. The molecule has 1 N–H and O–H groups in total. The molecule has 0 aliphatic carbocycles. The Morgan fingerprint density at radius 1 is 1.46 bits per heavy atom. The first-order valence-corrected chi connectivity index (χ1v) is 4.87. The van der Waals surface area contributed by atoms with Crippen LogP contribution in [0.3, 0.4) is 0 Å². The van der Waals surface area contributed by atoms with E-state index in [1.807, 2.05) is 18.2 Å². The maximum Gasteiger partial charge on any atom is 0.188 e. The van der Waals surface area contributed by atoms with E-state index in [-0.39, 0.29) is 13.4 Å². The lowest BCUT2D eigenvalue weighted by atomic mass is 10.2. The fourth-order valence-electron chi connectivity index (χ4n) is 0.912. The van der Waals surface area contributed by atoms with Crippen molar-refractivity contribution >= 4 is 22.6 Å². The maximum atomic E-state index is 8.98. The lowest BCUT2D eigenvalue weighted by Gasteiger charge is -2.08. The van der Waals surface area contributed by atoms with E-state index < -0.39 is 0 Å². The first-order valence-electron chi connectivity index (χ1n) is 3.79. The van der Waals surface area contributed by atoms with Crippen LogP contribution in [0.5, 0.6) is 5.75 Å². The van der Waals surface area contributed by atoms with Gasteiger partial charge in [0.05, 0.1) is 10.2 Å². The topological polar surface area (TPSA) is 38.7 Å². The number of aliphatic hydroxyl groups is 1. The van der Waals surface area contributed by atoms with Gasteiger partial charge in [-0.05, 0) is 34.2 Å². The average molecular weight is 294 g/mol. The number of hydrogen-bond donors (Lipinski definition) is 1. The molecule has 0 bridgehead atoms. The van der Waals surface area contributed by atoms with Crippen LogP contribution >= 0.6 is 22.6 Å². The third kappa shape index (κ3) is 2.82. The maximum absolute atomic E-state index is 8.98. The molecule has 0 heterocycles. The molecule has 0 unspecified atom stereocenters. The molecule has 1 rings (SSSR count). The quantitative estimate of drug-likeness (QED) is 0.679. The monoisotopic (exact) mass is 294 g/mol. The molecule has 0 saturated carbocycles. The van der Waals surface area contributed by atoms with Gasteiger partial charge in [0, 0.05) is 7.11 Å². The predicted molar refractivity (Wildman–Crippen MR) is 57.6 cm³/mol. The minimum absolute atomic E-state index is 0.0302. The first kappa shape index (κ1) is 10.7. The Labute approximate surface area is 90.8 Å². The Morgan fingerprint density at radius 2 is 2.23 bits per heavy atom. The summed E-state index contributed by atoms with van der Waals surface area (Å²) >= 11 is 2.14. The van der Waals surface area contributed by atoms with E-state index in [2.05, 4.69) is 22.6 Å². The van der Waals surface area contributed by atoms with Crippen LogP contribution in [0.25, 0.3) is 0 Å². The largest absolute Gasteiger partial charge is 0.466 e. The molecule has 0 radical (unpaired) electrons. The summed E-state index contributed by atoms with van der Waals surface area (Å²) in [5, 5.41) is 8.98. The van der Waals surface area contributed by atoms with Gasteiger partial charge in [-0.3, -0.25) is 0 Å². The molecule has 1 aromatic carbocycles. The molecule has 13 heavy (non-hydrogen) atoms. The minimum atomic E-state index is 0.0302. The van der Waals surface area contributed by atoms with Gasteiger partial charge in [0.2, 0.25) is 0 Å². The van der Waals surface area contributed by atoms with Crippen molar-refractivity contribution < 1.29 is 14.6 Å². The molecule has 3 nitrogen and oxygen atoms in total. The fraction of sp³-hybridized carbons (Fsp3) is 0.333. The SMILES string of the molecule is COCOc1cccc(CO)c1I. The summed E-state index contributed by atoms with van der Waals surface area (Å²) in [6, 6.07) is 5.56. The summed E-state index contributed by atoms with van der Waals surface area (Å²) in [4.78, 5) is 0. The smallest absolute Gasteiger partial charge is 0.188 e.